The molecule has 2 unspecified atom stereocenters. The van der Waals surface area contributed by atoms with Crippen molar-refractivity contribution in [2.24, 2.45) is 0 Å². The second-order valence-corrected chi connectivity index (χ2v) is 10.7. The van der Waals surface area contributed by atoms with Crippen molar-refractivity contribution in [3.05, 3.63) is 47.5 Å². The van der Waals surface area contributed by atoms with Gasteiger partial charge in [0.2, 0.25) is 11.8 Å². The smallest absolute Gasteiger partial charge is 0.224 e. The summed E-state index contributed by atoms with van der Waals surface area (Å²) in [4.78, 5) is 25.3. The first kappa shape index (κ1) is 26.9. The van der Waals surface area contributed by atoms with Gasteiger partial charge < -0.3 is 30.3 Å². The molecule has 2 heterocycles. The molecule has 2 amide bonds. The van der Waals surface area contributed by atoms with Gasteiger partial charge in [0.15, 0.2) is 0 Å². The Balaban J connectivity index is 1.31. The van der Waals surface area contributed by atoms with Crippen molar-refractivity contribution in [2.75, 3.05) is 36.9 Å². The maximum Gasteiger partial charge on any atom is 0.224 e. The lowest BCUT2D eigenvalue weighted by atomic mass is 10.0. The molecule has 200 valence electrons. The Morgan fingerprint density at radius 1 is 0.784 bits per heavy atom. The van der Waals surface area contributed by atoms with Gasteiger partial charge in [0, 0.05) is 54.0 Å². The van der Waals surface area contributed by atoms with Crippen molar-refractivity contribution in [3.8, 4) is 11.5 Å². The number of carbonyl (C=O) groups excluding carboxylic acids is 2. The molecule has 4 rings (SSSR count). The summed E-state index contributed by atoms with van der Waals surface area (Å²) in [6.45, 7) is 6.87. The van der Waals surface area contributed by atoms with Crippen LogP contribution in [0, 0.1) is 0 Å². The lowest BCUT2D eigenvalue weighted by molar-refractivity contribution is -0.117. The Bertz CT molecular complexity index is 1050. The number of hydrogen-bond donors (Lipinski definition) is 4. The number of fused-ring (bicyclic) bond motifs is 2. The minimum absolute atomic E-state index is 0.00745. The molecule has 0 aliphatic carbocycles. The largest absolute Gasteiger partial charge is 0.490 e. The number of anilines is 2. The number of carbonyl (C=O) groups is 2. The number of aliphatic hydroxyl groups excluding tert-OH is 2. The molecule has 2 aliphatic rings. The van der Waals surface area contributed by atoms with Crippen molar-refractivity contribution in [3.63, 3.8) is 0 Å². The van der Waals surface area contributed by atoms with E-state index in [1.807, 2.05) is 62.1 Å². The number of nitrogens with one attached hydrogen (secondary N) is 2. The Kier molecular flexibility index (Phi) is 8.36. The molecule has 37 heavy (non-hydrogen) atoms. The molecule has 0 radical (unpaired) electrons. The zero-order valence-electron chi connectivity index (χ0n) is 21.8. The molecule has 2 aliphatic heterocycles. The van der Waals surface area contributed by atoms with Gasteiger partial charge in [-0.1, -0.05) is 12.1 Å². The maximum atomic E-state index is 11.7. The number of amides is 2. The molecule has 2 aromatic carbocycles. The number of β-amino-alcohol motifs (C(OH)–C–C–N with tert-alkyl or cyclic N) is 2. The van der Waals surface area contributed by atoms with Crippen LogP contribution in [-0.2, 0) is 22.4 Å². The van der Waals surface area contributed by atoms with E-state index in [0.29, 0.717) is 50.3 Å². The van der Waals surface area contributed by atoms with Crippen LogP contribution in [0.4, 0.5) is 11.4 Å². The molecule has 0 saturated heterocycles. The fourth-order valence-electron chi connectivity index (χ4n) is 4.66. The second-order valence-electron chi connectivity index (χ2n) is 10.7. The quantitative estimate of drug-likeness (QED) is 0.387. The van der Waals surface area contributed by atoms with Crippen LogP contribution in [0.1, 0.15) is 44.7 Å². The zero-order valence-corrected chi connectivity index (χ0v) is 21.8. The number of benzene rings is 2. The fraction of sp³-hybridized carbons (Fsp3) is 0.500. The Morgan fingerprint density at radius 3 is 1.62 bits per heavy atom. The van der Waals surface area contributed by atoms with E-state index in [-0.39, 0.29) is 30.6 Å². The van der Waals surface area contributed by atoms with E-state index in [9.17, 15) is 19.8 Å². The van der Waals surface area contributed by atoms with E-state index in [4.69, 9.17) is 9.47 Å². The molecule has 0 spiro atoms. The number of nitrogens with zero attached hydrogens (tertiary/aromatic N) is 1. The average molecular weight is 512 g/mol. The molecule has 9 nitrogen and oxygen atoms in total. The topological polar surface area (TPSA) is 120 Å². The molecule has 0 fully saturated rings. The molecule has 2 aromatic rings. The predicted molar refractivity (Wildman–Crippen MR) is 141 cm³/mol. The highest BCUT2D eigenvalue weighted by atomic mass is 16.5. The minimum atomic E-state index is -0.786. The zero-order chi connectivity index (χ0) is 26.6. The number of aliphatic hydroxyl groups is 2. The molecule has 0 saturated carbocycles. The van der Waals surface area contributed by atoms with Gasteiger partial charge in [-0.3, -0.25) is 14.5 Å². The Morgan fingerprint density at radius 2 is 1.22 bits per heavy atom. The first-order chi connectivity index (χ1) is 17.6. The molecule has 0 bridgehead atoms. The van der Waals surface area contributed by atoms with Crippen molar-refractivity contribution in [1.82, 2.24) is 4.90 Å². The van der Waals surface area contributed by atoms with Gasteiger partial charge in [-0.25, -0.2) is 0 Å². The van der Waals surface area contributed by atoms with Crippen molar-refractivity contribution < 1.29 is 29.3 Å². The normalized spacial score (nSPS) is 16.8. The maximum absolute atomic E-state index is 11.7. The van der Waals surface area contributed by atoms with E-state index in [1.54, 1.807) is 0 Å². The van der Waals surface area contributed by atoms with E-state index >= 15 is 0 Å². The van der Waals surface area contributed by atoms with Gasteiger partial charge >= 0.3 is 0 Å². The summed E-state index contributed by atoms with van der Waals surface area (Å²) in [6.07, 6.45) is 0.454. The third-order valence-corrected chi connectivity index (χ3v) is 6.69. The van der Waals surface area contributed by atoms with Gasteiger partial charge in [-0.05, 0) is 57.9 Å². The van der Waals surface area contributed by atoms with Crippen molar-refractivity contribution >= 4 is 23.2 Å². The second kappa shape index (κ2) is 11.5. The standard InChI is InChI=1S/C28H37N3O6/c1-28(2,3)31(14-18(32)16-36-24-8-4-6-22-20(24)10-12-26(34)29-22)15-19(33)17-37-25-9-5-7-23-21(25)11-13-27(35)30-23/h4-9,18-19,32-33H,10-17H2,1-3H3,(H,29,34)(H,30,35). The van der Waals surface area contributed by atoms with E-state index in [0.717, 1.165) is 22.5 Å². The lowest BCUT2D eigenvalue weighted by Crippen LogP contribution is -2.50. The van der Waals surface area contributed by atoms with Crippen LogP contribution >= 0.6 is 0 Å². The summed E-state index contributed by atoms with van der Waals surface area (Å²) < 4.78 is 11.9. The Labute approximate surface area is 217 Å². The molecule has 4 N–H and O–H groups in total. The van der Waals surface area contributed by atoms with Crippen molar-refractivity contribution in [2.45, 2.75) is 64.2 Å². The predicted octanol–water partition coefficient (Wildman–Crippen LogP) is 2.74. The van der Waals surface area contributed by atoms with Gasteiger partial charge in [0.25, 0.3) is 0 Å². The first-order valence-electron chi connectivity index (χ1n) is 12.8. The highest BCUT2D eigenvalue weighted by molar-refractivity contribution is 5.95. The first-order valence-corrected chi connectivity index (χ1v) is 12.8. The number of ether oxygens (including phenoxy) is 2. The van der Waals surface area contributed by atoms with Crippen LogP contribution in [-0.4, -0.2) is 71.0 Å². The summed E-state index contributed by atoms with van der Waals surface area (Å²) in [5.74, 6) is 1.31. The molecule has 9 heteroatoms. The molecular formula is C28H37N3O6. The van der Waals surface area contributed by atoms with Crippen LogP contribution in [0.15, 0.2) is 36.4 Å². The summed E-state index contributed by atoms with van der Waals surface area (Å²) in [7, 11) is 0. The average Bonchev–Trinajstić information content (AvgIpc) is 2.84. The van der Waals surface area contributed by atoms with Crippen LogP contribution in [0.2, 0.25) is 0 Å². The third kappa shape index (κ3) is 7.00. The highest BCUT2D eigenvalue weighted by Crippen LogP contribution is 2.32. The van der Waals surface area contributed by atoms with Crippen LogP contribution in [0.3, 0.4) is 0 Å². The number of rotatable bonds is 10. The van der Waals surface area contributed by atoms with Crippen LogP contribution in [0.25, 0.3) is 0 Å². The van der Waals surface area contributed by atoms with Gasteiger partial charge in [-0.2, -0.15) is 0 Å². The SMILES string of the molecule is CC(C)(C)N(CC(O)COc1cccc2c1CCC(=O)N2)CC(O)COc1cccc2c1CCC(=O)N2. The fourth-order valence-corrected chi connectivity index (χ4v) is 4.66. The lowest BCUT2D eigenvalue weighted by Gasteiger charge is -2.38. The van der Waals surface area contributed by atoms with Gasteiger partial charge in [-0.15, -0.1) is 0 Å². The number of hydrogen-bond acceptors (Lipinski definition) is 7. The van der Waals surface area contributed by atoms with Crippen molar-refractivity contribution in [1.29, 1.82) is 0 Å². The Hall–Kier alpha value is -3.14. The minimum Gasteiger partial charge on any atom is -0.490 e. The summed E-state index contributed by atoms with van der Waals surface area (Å²) >= 11 is 0. The summed E-state index contributed by atoms with van der Waals surface area (Å²) in [6, 6.07) is 11.0. The molecule has 0 aromatic heterocycles. The van der Waals surface area contributed by atoms with Crippen LogP contribution in [0.5, 0.6) is 11.5 Å². The molecule has 2 atom stereocenters. The third-order valence-electron chi connectivity index (χ3n) is 6.69. The van der Waals surface area contributed by atoms with E-state index in [1.165, 1.54) is 0 Å². The monoisotopic (exact) mass is 511 g/mol. The summed E-state index contributed by atoms with van der Waals surface area (Å²) in [5.41, 5.74) is 3.08. The van der Waals surface area contributed by atoms with E-state index < -0.39 is 12.2 Å². The van der Waals surface area contributed by atoms with Crippen LogP contribution < -0.4 is 20.1 Å². The van der Waals surface area contributed by atoms with Gasteiger partial charge in [0.1, 0.15) is 36.9 Å². The van der Waals surface area contributed by atoms with Gasteiger partial charge in [0.05, 0.1) is 0 Å². The summed E-state index contributed by atoms with van der Waals surface area (Å²) in [5, 5.41) is 27.3. The highest BCUT2D eigenvalue weighted by Gasteiger charge is 2.27. The van der Waals surface area contributed by atoms with E-state index in [2.05, 4.69) is 10.6 Å². The molecular weight excluding hydrogens is 474 g/mol.